The van der Waals surface area contributed by atoms with Crippen molar-refractivity contribution in [2.24, 2.45) is 0 Å². The van der Waals surface area contributed by atoms with E-state index in [0.717, 1.165) is 5.69 Å². The number of aryl methyl sites for hydroxylation is 1. The van der Waals surface area contributed by atoms with Gasteiger partial charge in [0.1, 0.15) is 12.7 Å². The first kappa shape index (κ1) is 25.0. The Kier molecular flexibility index (Phi) is 7.89. The first-order valence-corrected chi connectivity index (χ1v) is 12.5. The summed E-state index contributed by atoms with van der Waals surface area (Å²) in [6.07, 6.45) is 4.73. The number of anilines is 1. The topological polar surface area (TPSA) is 111 Å². The van der Waals surface area contributed by atoms with E-state index in [0.29, 0.717) is 52.8 Å². The number of hydrogen-bond acceptors (Lipinski definition) is 8. The van der Waals surface area contributed by atoms with Gasteiger partial charge >= 0.3 is 0 Å². The molecule has 1 N–H and O–H groups in total. The first-order valence-electron chi connectivity index (χ1n) is 10.9. The van der Waals surface area contributed by atoms with Crippen molar-refractivity contribution in [2.45, 2.75) is 25.1 Å². The fraction of sp³-hybridized carbons (Fsp3) is 0.348. The molecular formula is C23H25ClN6O4S. The monoisotopic (exact) mass is 516 g/mol. The van der Waals surface area contributed by atoms with Crippen molar-refractivity contribution in [3.05, 3.63) is 46.6 Å². The molecule has 1 fully saturated rings. The van der Waals surface area contributed by atoms with Crippen LogP contribution in [0.3, 0.4) is 0 Å². The SMILES string of the molecule is CSc1nc2nc(C)cc(OCC3CN(C(=O)/C=C/c4ccc(Cl)cc4NC(C)=O)CCO3)n2n1. The van der Waals surface area contributed by atoms with Crippen molar-refractivity contribution in [2.75, 3.05) is 37.9 Å². The van der Waals surface area contributed by atoms with Crippen LogP contribution in [0.15, 0.2) is 35.5 Å². The van der Waals surface area contributed by atoms with Gasteiger partial charge < -0.3 is 19.7 Å². The Morgan fingerprint density at radius 3 is 2.94 bits per heavy atom. The maximum Gasteiger partial charge on any atom is 0.256 e. The van der Waals surface area contributed by atoms with Crippen LogP contribution >= 0.6 is 23.4 Å². The highest BCUT2D eigenvalue weighted by atomic mass is 35.5. The summed E-state index contributed by atoms with van der Waals surface area (Å²) < 4.78 is 13.4. The fourth-order valence-electron chi connectivity index (χ4n) is 3.56. The number of aromatic nitrogens is 4. The lowest BCUT2D eigenvalue weighted by molar-refractivity contribution is -0.134. The molecule has 0 bridgehead atoms. The molecule has 1 unspecified atom stereocenters. The summed E-state index contributed by atoms with van der Waals surface area (Å²) in [6, 6.07) is 6.88. The van der Waals surface area contributed by atoms with E-state index >= 15 is 0 Å². The lowest BCUT2D eigenvalue weighted by atomic mass is 10.1. The van der Waals surface area contributed by atoms with Crippen LogP contribution in [0.4, 0.5) is 5.69 Å². The number of halogens is 1. The summed E-state index contributed by atoms with van der Waals surface area (Å²) in [4.78, 5) is 34.8. The van der Waals surface area contributed by atoms with E-state index in [2.05, 4.69) is 20.4 Å². The second kappa shape index (κ2) is 11.1. The largest absolute Gasteiger partial charge is 0.475 e. The number of rotatable bonds is 7. The third-order valence-electron chi connectivity index (χ3n) is 5.17. The molecule has 0 spiro atoms. The minimum absolute atomic E-state index is 0.162. The zero-order valence-corrected chi connectivity index (χ0v) is 21.1. The molecule has 35 heavy (non-hydrogen) atoms. The number of benzene rings is 1. The van der Waals surface area contributed by atoms with Crippen molar-refractivity contribution in [1.29, 1.82) is 0 Å². The van der Waals surface area contributed by atoms with Gasteiger partial charge in [0.15, 0.2) is 0 Å². The maximum absolute atomic E-state index is 12.8. The molecule has 1 aliphatic heterocycles. The number of nitrogens with zero attached hydrogens (tertiary/aromatic N) is 5. The molecule has 1 saturated heterocycles. The van der Waals surface area contributed by atoms with Gasteiger partial charge in [-0.15, -0.1) is 5.10 Å². The molecule has 3 heterocycles. The lowest BCUT2D eigenvalue weighted by Gasteiger charge is -2.32. The van der Waals surface area contributed by atoms with Crippen LogP contribution in [-0.4, -0.2) is 75.0 Å². The molecule has 3 aromatic rings. The molecule has 1 aromatic carbocycles. The van der Waals surface area contributed by atoms with E-state index in [1.54, 1.807) is 39.8 Å². The second-order valence-corrected chi connectivity index (χ2v) is 9.09. The van der Waals surface area contributed by atoms with Crippen LogP contribution < -0.4 is 10.1 Å². The number of nitrogens with one attached hydrogen (secondary N) is 1. The fourth-order valence-corrected chi connectivity index (χ4v) is 4.07. The molecule has 1 atom stereocenters. The van der Waals surface area contributed by atoms with Crippen LogP contribution in [0, 0.1) is 6.92 Å². The predicted octanol–water partition coefficient (Wildman–Crippen LogP) is 3.09. The molecule has 0 aliphatic carbocycles. The van der Waals surface area contributed by atoms with E-state index < -0.39 is 0 Å². The Morgan fingerprint density at radius 2 is 2.17 bits per heavy atom. The highest BCUT2D eigenvalue weighted by Crippen LogP contribution is 2.23. The number of ether oxygens (including phenoxy) is 2. The second-order valence-electron chi connectivity index (χ2n) is 7.88. The molecule has 2 amide bonds. The van der Waals surface area contributed by atoms with Gasteiger partial charge in [-0.2, -0.15) is 9.50 Å². The predicted molar refractivity (Wildman–Crippen MR) is 134 cm³/mol. The lowest BCUT2D eigenvalue weighted by Crippen LogP contribution is -2.47. The summed E-state index contributed by atoms with van der Waals surface area (Å²) in [5, 5.41) is 8.22. The average molecular weight is 517 g/mol. The zero-order valence-electron chi connectivity index (χ0n) is 19.5. The number of hydrogen-bond donors (Lipinski definition) is 1. The molecule has 2 aromatic heterocycles. The van der Waals surface area contributed by atoms with Crippen molar-refractivity contribution in [3.63, 3.8) is 0 Å². The normalized spacial score (nSPS) is 16.1. The van der Waals surface area contributed by atoms with Crippen molar-refractivity contribution in [3.8, 4) is 5.88 Å². The Morgan fingerprint density at radius 1 is 1.34 bits per heavy atom. The maximum atomic E-state index is 12.8. The van der Waals surface area contributed by atoms with Gasteiger partial charge in [0, 0.05) is 42.0 Å². The number of carbonyl (C=O) groups excluding carboxylic acids is 2. The summed E-state index contributed by atoms with van der Waals surface area (Å²) in [7, 11) is 0. The van der Waals surface area contributed by atoms with Gasteiger partial charge in [0.2, 0.25) is 22.9 Å². The Bertz CT molecular complexity index is 1280. The summed E-state index contributed by atoms with van der Waals surface area (Å²) >= 11 is 7.46. The minimum Gasteiger partial charge on any atom is -0.475 e. The number of fused-ring (bicyclic) bond motifs is 1. The highest BCUT2D eigenvalue weighted by molar-refractivity contribution is 7.98. The van der Waals surface area contributed by atoms with E-state index in [-0.39, 0.29) is 24.5 Å². The Balaban J connectivity index is 1.40. The summed E-state index contributed by atoms with van der Waals surface area (Å²) in [6.45, 7) is 4.77. The standard InChI is InChI=1S/C23H25ClN6O4S/c1-14-10-21(30-22(25-14)27-23(28-30)35-3)34-13-18-12-29(8-9-33-18)20(32)7-5-16-4-6-17(24)11-19(16)26-15(2)31/h4-7,10-11,18H,8-9,12-13H2,1-3H3,(H,26,31)/b7-5+. The van der Waals surface area contributed by atoms with Gasteiger partial charge in [-0.25, -0.2) is 4.98 Å². The molecule has 0 radical (unpaired) electrons. The molecule has 0 saturated carbocycles. The Labute approximate surface area is 211 Å². The summed E-state index contributed by atoms with van der Waals surface area (Å²) in [5.74, 6) is 0.601. The van der Waals surface area contributed by atoms with Crippen molar-refractivity contribution >= 4 is 52.7 Å². The number of carbonyl (C=O) groups is 2. The third-order valence-corrected chi connectivity index (χ3v) is 5.94. The van der Waals surface area contributed by atoms with Gasteiger partial charge in [0.25, 0.3) is 5.78 Å². The zero-order chi connectivity index (χ0) is 24.9. The molecule has 184 valence electrons. The van der Waals surface area contributed by atoms with E-state index in [9.17, 15) is 9.59 Å². The first-order chi connectivity index (χ1) is 16.8. The molecular weight excluding hydrogens is 492 g/mol. The molecule has 4 rings (SSSR count). The van der Waals surface area contributed by atoms with E-state index in [1.165, 1.54) is 24.8 Å². The van der Waals surface area contributed by atoms with Crippen molar-refractivity contribution < 1.29 is 19.1 Å². The number of amides is 2. The summed E-state index contributed by atoms with van der Waals surface area (Å²) in [5.41, 5.74) is 1.99. The molecule has 10 nitrogen and oxygen atoms in total. The van der Waals surface area contributed by atoms with Gasteiger partial charge in [-0.3, -0.25) is 9.59 Å². The average Bonchev–Trinajstić information content (AvgIpc) is 3.25. The number of thioether (sulfide) groups is 1. The van der Waals surface area contributed by atoms with Gasteiger partial charge in [-0.1, -0.05) is 29.4 Å². The van der Waals surface area contributed by atoms with Crippen LogP contribution in [0.1, 0.15) is 18.2 Å². The third kappa shape index (κ3) is 6.30. The highest BCUT2D eigenvalue weighted by Gasteiger charge is 2.24. The minimum atomic E-state index is -0.307. The molecule has 1 aliphatic rings. The number of morpholine rings is 1. The smallest absolute Gasteiger partial charge is 0.256 e. The van der Waals surface area contributed by atoms with E-state index in [1.807, 2.05) is 13.2 Å². The van der Waals surface area contributed by atoms with Crippen molar-refractivity contribution in [1.82, 2.24) is 24.5 Å². The van der Waals surface area contributed by atoms with Gasteiger partial charge in [-0.05, 0) is 37.0 Å². The van der Waals surface area contributed by atoms with Crippen LogP contribution in [0.5, 0.6) is 5.88 Å². The van der Waals surface area contributed by atoms with Gasteiger partial charge in [0.05, 0.1) is 13.2 Å². The van der Waals surface area contributed by atoms with Crippen LogP contribution in [0.2, 0.25) is 5.02 Å². The van der Waals surface area contributed by atoms with E-state index in [4.69, 9.17) is 21.1 Å². The van der Waals surface area contributed by atoms with Crippen LogP contribution in [-0.2, 0) is 14.3 Å². The Hall–Kier alpha value is -3.15. The quantitative estimate of drug-likeness (QED) is 0.377. The molecule has 12 heteroatoms. The van der Waals surface area contributed by atoms with Crippen LogP contribution in [0.25, 0.3) is 11.9 Å².